The van der Waals surface area contributed by atoms with Gasteiger partial charge in [0.2, 0.25) is 0 Å². The number of aromatic nitrogens is 3. The Labute approximate surface area is 294 Å². The summed E-state index contributed by atoms with van der Waals surface area (Å²) in [6, 6.07) is 61.0. The lowest BCUT2D eigenvalue weighted by Crippen LogP contribution is -2.00. The standard InChI is InChI=1S/C47H29N3O/c1-3-11-30(12-4-1)37-25-26-40-42(29-37)51-44-39-18-10-9-17-38(39)28-41(43(40)44)47-49-45(33-14-5-2-6-15-33)48-46(50-47)34-22-19-32(20-23-34)36-24-21-31-13-7-8-16-35(31)27-36/h1-29H. The molecule has 10 rings (SSSR count). The zero-order chi connectivity index (χ0) is 33.7. The van der Waals surface area contributed by atoms with Crippen molar-refractivity contribution in [1.82, 2.24) is 15.0 Å². The van der Waals surface area contributed by atoms with Crippen LogP contribution in [-0.4, -0.2) is 15.0 Å². The molecule has 10 aromatic rings. The summed E-state index contributed by atoms with van der Waals surface area (Å²) in [5.74, 6) is 1.84. The Morgan fingerprint density at radius 3 is 1.63 bits per heavy atom. The van der Waals surface area contributed by atoms with Crippen LogP contribution in [0.4, 0.5) is 0 Å². The van der Waals surface area contributed by atoms with E-state index >= 15 is 0 Å². The summed E-state index contributed by atoms with van der Waals surface area (Å²) in [5.41, 5.74) is 8.96. The van der Waals surface area contributed by atoms with Gasteiger partial charge in [0.1, 0.15) is 11.2 Å². The Morgan fingerprint density at radius 1 is 0.333 bits per heavy atom. The molecule has 0 unspecified atom stereocenters. The van der Waals surface area contributed by atoms with E-state index in [1.807, 2.05) is 36.4 Å². The van der Waals surface area contributed by atoms with E-state index in [4.69, 9.17) is 19.4 Å². The van der Waals surface area contributed by atoms with Gasteiger partial charge in [0, 0.05) is 32.8 Å². The molecule has 0 bridgehead atoms. The summed E-state index contributed by atoms with van der Waals surface area (Å²) in [7, 11) is 0. The number of furan rings is 1. The van der Waals surface area contributed by atoms with Crippen LogP contribution in [0.3, 0.4) is 0 Å². The molecule has 2 heterocycles. The van der Waals surface area contributed by atoms with Gasteiger partial charge in [-0.25, -0.2) is 15.0 Å². The van der Waals surface area contributed by atoms with E-state index in [0.29, 0.717) is 17.5 Å². The molecule has 0 atom stereocenters. The number of nitrogens with zero attached hydrogens (tertiary/aromatic N) is 3. The first-order valence-corrected chi connectivity index (χ1v) is 17.1. The van der Waals surface area contributed by atoms with Crippen molar-refractivity contribution in [2.75, 3.05) is 0 Å². The summed E-state index contributed by atoms with van der Waals surface area (Å²) in [6.07, 6.45) is 0. The van der Waals surface area contributed by atoms with E-state index in [0.717, 1.165) is 66.1 Å². The summed E-state index contributed by atoms with van der Waals surface area (Å²) in [5, 5.41) is 6.58. The third-order valence-electron chi connectivity index (χ3n) is 9.71. The molecule has 0 aliphatic heterocycles. The molecule has 51 heavy (non-hydrogen) atoms. The molecule has 0 saturated heterocycles. The lowest BCUT2D eigenvalue weighted by atomic mass is 9.98. The number of hydrogen-bond acceptors (Lipinski definition) is 4. The smallest absolute Gasteiger partial charge is 0.164 e. The Morgan fingerprint density at radius 2 is 0.863 bits per heavy atom. The zero-order valence-corrected chi connectivity index (χ0v) is 27.5. The Kier molecular flexibility index (Phi) is 6.78. The van der Waals surface area contributed by atoms with Crippen molar-refractivity contribution >= 4 is 43.5 Å². The molecular weight excluding hydrogens is 623 g/mol. The SMILES string of the molecule is c1ccc(-c2ccc3c(c2)oc2c4ccccc4cc(-c4nc(-c5ccccc5)nc(-c5ccc(-c6ccc7ccccc7c6)cc5)n4)c32)cc1. The van der Waals surface area contributed by atoms with Gasteiger partial charge in [-0.2, -0.15) is 0 Å². The predicted molar refractivity (Wildman–Crippen MR) is 209 cm³/mol. The van der Waals surface area contributed by atoms with Crippen molar-refractivity contribution in [1.29, 1.82) is 0 Å². The monoisotopic (exact) mass is 651 g/mol. The van der Waals surface area contributed by atoms with Crippen LogP contribution < -0.4 is 0 Å². The second kappa shape index (κ2) is 11.9. The van der Waals surface area contributed by atoms with E-state index in [1.165, 1.54) is 16.3 Å². The first kappa shape index (κ1) is 29.0. The molecular formula is C47H29N3O. The predicted octanol–water partition coefficient (Wildman–Crippen LogP) is 12.4. The fraction of sp³-hybridized carbons (Fsp3) is 0. The van der Waals surface area contributed by atoms with Gasteiger partial charge in [-0.15, -0.1) is 0 Å². The van der Waals surface area contributed by atoms with E-state index in [9.17, 15) is 0 Å². The third kappa shape index (κ3) is 5.13. The maximum Gasteiger partial charge on any atom is 0.164 e. The summed E-state index contributed by atoms with van der Waals surface area (Å²) in [4.78, 5) is 15.4. The van der Waals surface area contributed by atoms with Gasteiger partial charge in [-0.05, 0) is 62.7 Å². The molecule has 4 nitrogen and oxygen atoms in total. The van der Waals surface area contributed by atoms with Crippen molar-refractivity contribution in [2.45, 2.75) is 0 Å². The van der Waals surface area contributed by atoms with Gasteiger partial charge in [0.15, 0.2) is 17.5 Å². The second-order valence-corrected chi connectivity index (χ2v) is 12.8. The average Bonchev–Trinajstić information content (AvgIpc) is 3.60. The van der Waals surface area contributed by atoms with Gasteiger partial charge in [0.05, 0.1) is 0 Å². The average molecular weight is 652 g/mol. The highest BCUT2D eigenvalue weighted by Crippen LogP contribution is 2.42. The van der Waals surface area contributed by atoms with Crippen molar-refractivity contribution in [3.63, 3.8) is 0 Å². The maximum atomic E-state index is 6.73. The molecule has 0 aliphatic rings. The van der Waals surface area contributed by atoms with Gasteiger partial charge in [-0.1, -0.05) is 152 Å². The van der Waals surface area contributed by atoms with Crippen LogP contribution in [0.15, 0.2) is 180 Å². The van der Waals surface area contributed by atoms with Crippen molar-refractivity contribution in [2.24, 2.45) is 0 Å². The van der Waals surface area contributed by atoms with Crippen LogP contribution >= 0.6 is 0 Å². The first-order valence-electron chi connectivity index (χ1n) is 17.1. The topological polar surface area (TPSA) is 51.8 Å². The highest BCUT2D eigenvalue weighted by Gasteiger charge is 2.21. The summed E-state index contributed by atoms with van der Waals surface area (Å²) >= 11 is 0. The lowest BCUT2D eigenvalue weighted by Gasteiger charge is -2.11. The molecule has 0 fully saturated rings. The van der Waals surface area contributed by atoms with E-state index in [1.54, 1.807) is 0 Å². The highest BCUT2D eigenvalue weighted by atomic mass is 16.3. The normalized spacial score (nSPS) is 11.5. The minimum atomic E-state index is 0.600. The zero-order valence-electron chi connectivity index (χ0n) is 27.5. The number of rotatable bonds is 5. The second-order valence-electron chi connectivity index (χ2n) is 12.8. The number of benzene rings is 8. The number of hydrogen-bond donors (Lipinski definition) is 0. The minimum absolute atomic E-state index is 0.600. The molecule has 4 heteroatoms. The summed E-state index contributed by atoms with van der Waals surface area (Å²) < 4.78 is 6.73. The first-order chi connectivity index (χ1) is 25.2. The van der Waals surface area contributed by atoms with Crippen LogP contribution in [0.1, 0.15) is 0 Å². The van der Waals surface area contributed by atoms with Gasteiger partial charge >= 0.3 is 0 Å². The molecule has 0 spiro atoms. The fourth-order valence-electron chi connectivity index (χ4n) is 7.12. The van der Waals surface area contributed by atoms with Crippen LogP contribution in [0, 0.1) is 0 Å². The molecule has 238 valence electrons. The van der Waals surface area contributed by atoms with Crippen LogP contribution in [0.2, 0.25) is 0 Å². The van der Waals surface area contributed by atoms with Gasteiger partial charge in [-0.3, -0.25) is 0 Å². The van der Waals surface area contributed by atoms with E-state index in [2.05, 4.69) is 140 Å². The summed E-state index contributed by atoms with van der Waals surface area (Å²) in [6.45, 7) is 0. The van der Waals surface area contributed by atoms with Crippen LogP contribution in [0.5, 0.6) is 0 Å². The lowest BCUT2D eigenvalue weighted by molar-refractivity contribution is 0.673. The quantitative estimate of drug-likeness (QED) is 0.186. The van der Waals surface area contributed by atoms with Crippen LogP contribution in [-0.2, 0) is 0 Å². The molecule has 0 saturated carbocycles. The van der Waals surface area contributed by atoms with Crippen LogP contribution in [0.25, 0.3) is 99.9 Å². The minimum Gasteiger partial charge on any atom is -0.455 e. The number of fused-ring (bicyclic) bond motifs is 6. The molecule has 0 N–H and O–H groups in total. The maximum absolute atomic E-state index is 6.73. The molecule has 8 aromatic carbocycles. The van der Waals surface area contributed by atoms with Gasteiger partial charge in [0.25, 0.3) is 0 Å². The Bertz CT molecular complexity index is 2900. The van der Waals surface area contributed by atoms with Crippen molar-refractivity contribution < 1.29 is 4.42 Å². The third-order valence-corrected chi connectivity index (χ3v) is 9.71. The van der Waals surface area contributed by atoms with E-state index in [-0.39, 0.29) is 0 Å². The van der Waals surface area contributed by atoms with Crippen molar-refractivity contribution in [3.8, 4) is 56.4 Å². The van der Waals surface area contributed by atoms with E-state index < -0.39 is 0 Å². The molecule has 0 amide bonds. The molecule has 0 radical (unpaired) electrons. The fourth-order valence-corrected chi connectivity index (χ4v) is 7.12. The highest BCUT2D eigenvalue weighted by molar-refractivity contribution is 6.21. The van der Waals surface area contributed by atoms with Gasteiger partial charge < -0.3 is 4.42 Å². The molecule has 0 aliphatic carbocycles. The van der Waals surface area contributed by atoms with Crippen molar-refractivity contribution in [3.05, 3.63) is 176 Å². The Balaban J connectivity index is 1.16. The molecule has 2 aromatic heterocycles. The Hall–Kier alpha value is -6.91. The largest absolute Gasteiger partial charge is 0.455 e.